The lowest BCUT2D eigenvalue weighted by Crippen LogP contribution is -2.31. The molecular weight excluding hydrogens is 357 g/mol. The van der Waals surface area contributed by atoms with Crippen LogP contribution in [0.15, 0.2) is 40.9 Å². The fraction of sp³-hybridized carbons (Fsp3) is 0.250. The Kier molecular flexibility index (Phi) is 4.09. The minimum absolute atomic E-state index is 0.303. The van der Waals surface area contributed by atoms with E-state index in [4.69, 9.17) is 23.2 Å². The summed E-state index contributed by atoms with van der Waals surface area (Å²) in [4.78, 5) is 2.30. The third-order valence-corrected chi connectivity index (χ3v) is 4.79. The highest BCUT2D eigenvalue weighted by molar-refractivity contribution is 9.10. The molecule has 2 aromatic rings. The highest BCUT2D eigenvalue weighted by Crippen LogP contribution is 2.38. The lowest BCUT2D eigenvalue weighted by Gasteiger charge is -2.33. The van der Waals surface area contributed by atoms with Gasteiger partial charge in [0.2, 0.25) is 0 Å². The summed E-state index contributed by atoms with van der Waals surface area (Å²) in [6, 6.07) is 12.3. The summed E-state index contributed by atoms with van der Waals surface area (Å²) in [6.45, 7) is 1.84. The molecule has 0 amide bonds. The van der Waals surface area contributed by atoms with Gasteiger partial charge in [0, 0.05) is 33.5 Å². The maximum atomic E-state index is 6.38. The SMILES string of the molecule is CN1Cc2c(Cl)cc(Cl)cc2C(c2cccc(Br)c2)C1. The summed E-state index contributed by atoms with van der Waals surface area (Å²) in [5.74, 6) is 0.303. The van der Waals surface area contributed by atoms with Crippen LogP contribution in [0.25, 0.3) is 0 Å². The number of likely N-dealkylation sites (N-methyl/N-ethyl adjacent to an activating group) is 1. The third-order valence-electron chi connectivity index (χ3n) is 3.74. The molecule has 0 N–H and O–H groups in total. The van der Waals surface area contributed by atoms with Gasteiger partial charge in [-0.15, -0.1) is 0 Å². The van der Waals surface area contributed by atoms with E-state index in [2.05, 4.69) is 52.1 Å². The van der Waals surface area contributed by atoms with Crippen LogP contribution in [0, 0.1) is 0 Å². The zero-order valence-electron chi connectivity index (χ0n) is 11.0. The summed E-state index contributed by atoms with van der Waals surface area (Å²) in [6.07, 6.45) is 0. The summed E-state index contributed by atoms with van der Waals surface area (Å²) in [5.41, 5.74) is 3.72. The van der Waals surface area contributed by atoms with E-state index in [1.54, 1.807) is 0 Å². The van der Waals surface area contributed by atoms with E-state index >= 15 is 0 Å². The van der Waals surface area contributed by atoms with Crippen molar-refractivity contribution in [2.75, 3.05) is 13.6 Å². The summed E-state index contributed by atoms with van der Waals surface area (Å²) in [7, 11) is 2.12. The number of benzene rings is 2. The lowest BCUT2D eigenvalue weighted by molar-refractivity contribution is 0.295. The Morgan fingerprint density at radius 3 is 2.75 bits per heavy atom. The van der Waals surface area contributed by atoms with Crippen LogP contribution in [-0.2, 0) is 6.54 Å². The van der Waals surface area contributed by atoms with Gasteiger partial charge in [0.25, 0.3) is 0 Å². The average Bonchev–Trinajstić information content (AvgIpc) is 2.39. The van der Waals surface area contributed by atoms with Gasteiger partial charge >= 0.3 is 0 Å². The molecule has 0 fully saturated rings. The molecule has 1 aliphatic rings. The second kappa shape index (κ2) is 5.69. The van der Waals surface area contributed by atoms with Crippen LogP contribution in [-0.4, -0.2) is 18.5 Å². The number of fused-ring (bicyclic) bond motifs is 1. The first-order valence-corrected chi connectivity index (χ1v) is 8.01. The summed E-state index contributed by atoms with van der Waals surface area (Å²) < 4.78 is 1.10. The smallest absolute Gasteiger partial charge is 0.0468 e. The van der Waals surface area contributed by atoms with Crippen LogP contribution < -0.4 is 0 Å². The van der Waals surface area contributed by atoms with Gasteiger partial charge in [-0.3, -0.25) is 0 Å². The van der Waals surface area contributed by atoms with Crippen molar-refractivity contribution in [3.05, 3.63) is 67.6 Å². The topological polar surface area (TPSA) is 3.24 Å². The molecular formula is C16H14BrCl2N. The quantitative estimate of drug-likeness (QED) is 0.655. The molecule has 1 unspecified atom stereocenters. The van der Waals surface area contributed by atoms with E-state index < -0.39 is 0 Å². The van der Waals surface area contributed by atoms with Crippen molar-refractivity contribution in [3.8, 4) is 0 Å². The Morgan fingerprint density at radius 2 is 2.00 bits per heavy atom. The van der Waals surface area contributed by atoms with Crippen molar-refractivity contribution in [1.82, 2.24) is 4.90 Å². The van der Waals surface area contributed by atoms with Crippen molar-refractivity contribution in [3.63, 3.8) is 0 Å². The molecule has 1 heterocycles. The molecule has 0 radical (unpaired) electrons. The van der Waals surface area contributed by atoms with Crippen molar-refractivity contribution in [2.24, 2.45) is 0 Å². The molecule has 0 bridgehead atoms. The predicted molar refractivity (Wildman–Crippen MR) is 88.8 cm³/mol. The fourth-order valence-electron chi connectivity index (χ4n) is 2.85. The van der Waals surface area contributed by atoms with E-state index in [1.165, 1.54) is 16.7 Å². The van der Waals surface area contributed by atoms with Crippen molar-refractivity contribution >= 4 is 39.1 Å². The van der Waals surface area contributed by atoms with Crippen LogP contribution in [0.2, 0.25) is 10.0 Å². The molecule has 0 saturated heterocycles. The monoisotopic (exact) mass is 369 g/mol. The Hall–Kier alpha value is -0.540. The fourth-order valence-corrected chi connectivity index (χ4v) is 3.84. The van der Waals surface area contributed by atoms with Gasteiger partial charge in [-0.1, -0.05) is 51.3 Å². The molecule has 20 heavy (non-hydrogen) atoms. The molecule has 0 spiro atoms. The molecule has 0 aromatic heterocycles. The van der Waals surface area contributed by atoms with Crippen LogP contribution in [0.5, 0.6) is 0 Å². The maximum Gasteiger partial charge on any atom is 0.0468 e. The van der Waals surface area contributed by atoms with Gasteiger partial charge in [0.1, 0.15) is 0 Å². The average molecular weight is 371 g/mol. The van der Waals surface area contributed by atoms with Crippen LogP contribution in [0.4, 0.5) is 0 Å². The van der Waals surface area contributed by atoms with E-state index in [0.717, 1.165) is 22.6 Å². The predicted octanol–water partition coefficient (Wildman–Crippen LogP) is 5.33. The third kappa shape index (κ3) is 2.75. The molecule has 1 aliphatic heterocycles. The molecule has 104 valence electrons. The number of hydrogen-bond donors (Lipinski definition) is 0. The van der Waals surface area contributed by atoms with E-state index in [9.17, 15) is 0 Å². The van der Waals surface area contributed by atoms with Crippen molar-refractivity contribution in [1.29, 1.82) is 0 Å². The van der Waals surface area contributed by atoms with Crippen molar-refractivity contribution in [2.45, 2.75) is 12.5 Å². The lowest BCUT2D eigenvalue weighted by atomic mass is 9.85. The standard InChI is InChI=1S/C16H14BrCl2N/c1-20-8-14(10-3-2-4-11(17)5-10)13-6-12(18)7-16(19)15(13)9-20/h2-7,14H,8-9H2,1H3. The number of rotatable bonds is 1. The largest absolute Gasteiger partial charge is 0.301 e. The maximum absolute atomic E-state index is 6.38. The molecule has 2 aromatic carbocycles. The number of hydrogen-bond acceptors (Lipinski definition) is 1. The van der Waals surface area contributed by atoms with Gasteiger partial charge < -0.3 is 4.90 Å². The second-order valence-electron chi connectivity index (χ2n) is 5.26. The van der Waals surface area contributed by atoms with Crippen LogP contribution in [0.1, 0.15) is 22.6 Å². The molecule has 1 nitrogen and oxygen atoms in total. The van der Waals surface area contributed by atoms with Crippen molar-refractivity contribution < 1.29 is 0 Å². The second-order valence-corrected chi connectivity index (χ2v) is 7.02. The molecule has 4 heteroatoms. The Morgan fingerprint density at radius 1 is 1.20 bits per heavy atom. The first-order valence-electron chi connectivity index (χ1n) is 6.46. The van der Waals surface area contributed by atoms with Gasteiger partial charge in [-0.2, -0.15) is 0 Å². The molecule has 1 atom stereocenters. The minimum atomic E-state index is 0.303. The Balaban J connectivity index is 2.15. The first-order chi connectivity index (χ1) is 9.54. The van der Waals surface area contributed by atoms with Gasteiger partial charge in [0.05, 0.1) is 0 Å². The highest BCUT2D eigenvalue weighted by atomic mass is 79.9. The van der Waals surface area contributed by atoms with Gasteiger partial charge in [-0.25, -0.2) is 0 Å². The molecule has 3 rings (SSSR count). The molecule has 0 saturated carbocycles. The zero-order valence-corrected chi connectivity index (χ0v) is 14.1. The Bertz CT molecular complexity index is 657. The first kappa shape index (κ1) is 14.4. The van der Waals surface area contributed by atoms with E-state index in [0.29, 0.717) is 10.9 Å². The number of nitrogens with zero attached hydrogens (tertiary/aromatic N) is 1. The van der Waals surface area contributed by atoms with E-state index in [-0.39, 0.29) is 0 Å². The normalized spacial score (nSPS) is 18.9. The van der Waals surface area contributed by atoms with E-state index in [1.807, 2.05) is 12.1 Å². The Labute approximate surface area is 137 Å². The van der Waals surface area contributed by atoms with Crippen LogP contribution >= 0.6 is 39.1 Å². The highest BCUT2D eigenvalue weighted by Gasteiger charge is 2.27. The van der Waals surface area contributed by atoms with Gasteiger partial charge in [0.15, 0.2) is 0 Å². The summed E-state index contributed by atoms with van der Waals surface area (Å²) in [5, 5.41) is 1.47. The van der Waals surface area contributed by atoms with Crippen LogP contribution in [0.3, 0.4) is 0 Å². The zero-order chi connectivity index (χ0) is 14.3. The number of halogens is 3. The summed E-state index contributed by atoms with van der Waals surface area (Å²) >= 11 is 16.1. The minimum Gasteiger partial charge on any atom is -0.301 e. The molecule has 0 aliphatic carbocycles. The van der Waals surface area contributed by atoms with Gasteiger partial charge in [-0.05, 0) is 48.0 Å².